The van der Waals surface area contributed by atoms with Gasteiger partial charge in [0.2, 0.25) is 0 Å². The van der Waals surface area contributed by atoms with E-state index in [1.165, 1.54) is 21.2 Å². The molecule has 0 aliphatic rings. The zero-order chi connectivity index (χ0) is 58.5. The number of para-hydroxylation sites is 6. The molecule has 0 spiro atoms. The molecule has 418 valence electrons. The predicted octanol–water partition coefficient (Wildman–Crippen LogP) is 24.1. The van der Waals surface area contributed by atoms with Gasteiger partial charge < -0.3 is 23.9 Å². The first kappa shape index (κ1) is 53.8. The maximum Gasteiger partial charge on any atom is 0.139 e. The monoisotopic (exact) mass is 1130 g/mol. The first-order valence-corrected chi connectivity index (χ1v) is 30.4. The molecular formula is C80H65N3O2S. The van der Waals surface area contributed by atoms with E-state index in [1.807, 2.05) is 30.3 Å². The fourth-order valence-corrected chi connectivity index (χ4v) is 13.2. The van der Waals surface area contributed by atoms with Crippen LogP contribution in [0.25, 0.3) is 64.4 Å². The van der Waals surface area contributed by atoms with Gasteiger partial charge in [0.05, 0.1) is 28.1 Å². The Hall–Kier alpha value is -10.1. The Morgan fingerprint density at radius 1 is 0.337 bits per heavy atom. The second kappa shape index (κ2) is 22.1. The summed E-state index contributed by atoms with van der Waals surface area (Å²) in [7, 11) is 0. The topological polar surface area (TPSA) is 32.1 Å². The average Bonchev–Trinajstić information content (AvgIpc) is 1.51. The van der Waals surface area contributed by atoms with Gasteiger partial charge in [-0.3, -0.25) is 0 Å². The van der Waals surface area contributed by atoms with E-state index in [4.69, 9.17) is 9.15 Å². The summed E-state index contributed by atoms with van der Waals surface area (Å²) in [5.74, 6) is 1.57. The molecule has 0 N–H and O–H groups in total. The third-order valence-corrected chi connectivity index (χ3v) is 17.5. The molecule has 0 amide bonds. The highest BCUT2D eigenvalue weighted by Gasteiger charge is 2.29. The predicted molar refractivity (Wildman–Crippen MR) is 365 cm³/mol. The normalized spacial score (nSPS) is 11.8. The number of ether oxygens (including phenoxy) is 1. The lowest BCUT2D eigenvalue weighted by Gasteiger charge is -2.33. The van der Waals surface area contributed by atoms with Gasteiger partial charge in [-0.15, -0.1) is 11.3 Å². The fraction of sp³-hybridized carbons (Fsp3) is 0.100. The number of thiophene rings is 1. The molecule has 5 nitrogen and oxygen atoms in total. The van der Waals surface area contributed by atoms with Crippen molar-refractivity contribution in [2.45, 2.75) is 52.4 Å². The highest BCUT2D eigenvalue weighted by molar-refractivity contribution is 7.26. The van der Waals surface area contributed by atoms with Crippen molar-refractivity contribution < 1.29 is 9.15 Å². The maximum absolute atomic E-state index is 7.11. The van der Waals surface area contributed by atoms with Crippen LogP contribution in [0.15, 0.2) is 290 Å². The number of benzene rings is 12. The molecule has 2 heterocycles. The third kappa shape index (κ3) is 10.2. The van der Waals surface area contributed by atoms with Crippen molar-refractivity contribution in [2.75, 3.05) is 14.7 Å². The summed E-state index contributed by atoms with van der Waals surface area (Å²) in [5, 5.41) is 4.33. The quantitative estimate of drug-likeness (QED) is 0.115. The van der Waals surface area contributed by atoms with Gasteiger partial charge >= 0.3 is 0 Å². The summed E-state index contributed by atoms with van der Waals surface area (Å²) >= 11 is 1.79. The Balaban J connectivity index is 1.07. The van der Waals surface area contributed by atoms with Crippen LogP contribution in [-0.4, -0.2) is 0 Å². The van der Waals surface area contributed by atoms with Gasteiger partial charge in [0.1, 0.15) is 22.7 Å². The minimum Gasteiger partial charge on any atom is -0.457 e. The number of anilines is 9. The van der Waals surface area contributed by atoms with Crippen molar-refractivity contribution in [2.24, 2.45) is 0 Å². The van der Waals surface area contributed by atoms with Gasteiger partial charge in [-0.2, -0.15) is 0 Å². The summed E-state index contributed by atoms with van der Waals surface area (Å²) in [6, 6.07) is 103. The maximum atomic E-state index is 7.11. The summed E-state index contributed by atoms with van der Waals surface area (Å²) in [6.45, 7) is 13.7. The van der Waals surface area contributed by atoms with Crippen LogP contribution in [0.1, 0.15) is 52.7 Å². The van der Waals surface area contributed by atoms with Gasteiger partial charge in [-0.05, 0) is 124 Å². The number of fused-ring (bicyclic) bond motifs is 6. The van der Waals surface area contributed by atoms with E-state index in [-0.39, 0.29) is 10.8 Å². The summed E-state index contributed by atoms with van der Waals surface area (Å²) in [4.78, 5) is 7.23. The lowest BCUT2D eigenvalue weighted by Crippen LogP contribution is -2.16. The summed E-state index contributed by atoms with van der Waals surface area (Å²) in [6.07, 6.45) is 0. The van der Waals surface area contributed by atoms with Gasteiger partial charge in [0.15, 0.2) is 0 Å². The van der Waals surface area contributed by atoms with Crippen molar-refractivity contribution in [3.05, 3.63) is 296 Å². The summed E-state index contributed by atoms with van der Waals surface area (Å²) in [5.41, 5.74) is 17.3. The van der Waals surface area contributed by atoms with E-state index in [9.17, 15) is 0 Å². The van der Waals surface area contributed by atoms with Crippen LogP contribution in [0.3, 0.4) is 0 Å². The van der Waals surface area contributed by atoms with E-state index < -0.39 is 0 Å². The van der Waals surface area contributed by atoms with Gasteiger partial charge in [0.25, 0.3) is 0 Å². The van der Waals surface area contributed by atoms with Crippen LogP contribution in [0.2, 0.25) is 0 Å². The minimum absolute atomic E-state index is 0.0349. The summed E-state index contributed by atoms with van der Waals surface area (Å²) < 4.78 is 16.4. The Kier molecular flexibility index (Phi) is 13.9. The van der Waals surface area contributed by atoms with Crippen LogP contribution in [0.4, 0.5) is 51.2 Å². The van der Waals surface area contributed by atoms with E-state index in [2.05, 4.69) is 311 Å². The largest absolute Gasteiger partial charge is 0.457 e. The van der Waals surface area contributed by atoms with Crippen LogP contribution in [-0.2, 0) is 10.8 Å². The van der Waals surface area contributed by atoms with Crippen molar-refractivity contribution >= 4 is 105 Å². The van der Waals surface area contributed by atoms with Crippen LogP contribution in [0.5, 0.6) is 11.5 Å². The molecule has 0 atom stereocenters. The fourth-order valence-electron chi connectivity index (χ4n) is 12.1. The van der Waals surface area contributed by atoms with Crippen LogP contribution in [0, 0.1) is 0 Å². The minimum atomic E-state index is -0.0349. The molecule has 86 heavy (non-hydrogen) atoms. The zero-order valence-electron chi connectivity index (χ0n) is 49.2. The molecule has 0 aliphatic heterocycles. The molecule has 6 heteroatoms. The van der Waals surface area contributed by atoms with Gasteiger partial charge in [-0.1, -0.05) is 224 Å². The highest BCUT2D eigenvalue weighted by Crippen LogP contribution is 2.53. The Labute approximate surface area is 507 Å². The molecule has 0 bridgehead atoms. The number of hydrogen-bond acceptors (Lipinski definition) is 6. The Bertz CT molecular complexity index is 4620. The molecule has 0 unspecified atom stereocenters. The zero-order valence-corrected chi connectivity index (χ0v) is 50.0. The molecule has 14 aromatic rings. The number of furan rings is 1. The van der Waals surface area contributed by atoms with Crippen LogP contribution >= 0.6 is 11.3 Å². The second-order valence-electron chi connectivity index (χ2n) is 24.2. The first-order chi connectivity index (χ1) is 41.9. The molecule has 14 rings (SSSR count). The molecule has 0 saturated heterocycles. The lowest BCUT2D eigenvalue weighted by atomic mass is 9.85. The molecule has 0 radical (unpaired) electrons. The van der Waals surface area contributed by atoms with E-state index >= 15 is 0 Å². The first-order valence-electron chi connectivity index (χ1n) is 29.6. The Morgan fingerprint density at radius 3 is 1.40 bits per heavy atom. The van der Waals surface area contributed by atoms with Crippen LogP contribution < -0.4 is 19.4 Å². The smallest absolute Gasteiger partial charge is 0.139 e. The molecular weight excluding hydrogens is 1070 g/mol. The van der Waals surface area contributed by atoms with Gasteiger partial charge in [-0.25, -0.2) is 0 Å². The van der Waals surface area contributed by atoms with Crippen molar-refractivity contribution in [3.8, 4) is 33.8 Å². The van der Waals surface area contributed by atoms with E-state index in [0.717, 1.165) is 117 Å². The number of hydrogen-bond donors (Lipinski definition) is 0. The SMILES string of the molecule is CC(C)(C)c1ccc(-c2cccc(-c3ccc(C(C)(C)C)cc3)c2N(c2cccc(N(c3ccccc3)c3cc(Oc4ccccc4)c4c(c3)sc3ccccc34)c2)c2cc(N(c3ccccc3)c3ccccc3)c3c(c2)oc2ccccc23)cc1. The number of nitrogens with zero attached hydrogens (tertiary/aromatic N) is 3. The Morgan fingerprint density at radius 2 is 0.814 bits per heavy atom. The molecule has 0 fully saturated rings. The molecule has 0 saturated carbocycles. The highest BCUT2D eigenvalue weighted by atomic mass is 32.1. The standard InChI is InChI=1S/C80H65N3O2S/c1-79(2,3)56-45-41-54(42-46-56)66-37-24-38-67(55-43-47-57(48-44-55)80(4,5)6)78(66)83(63-50-70(76-68-35-19-21-39-71(68)85-72(76)51-63)82(59-27-13-8-14-28-59)60-29-15-9-16-30-60)62-32-23-31-61(49-62)81(58-25-11-7-12-26-58)64-52-73(84-65-33-17-10-18-34-65)77-69-36-20-22-40-74(69)86-75(77)53-64/h7-53H,1-6H3. The molecule has 12 aromatic carbocycles. The molecule has 2 aromatic heterocycles. The third-order valence-electron chi connectivity index (χ3n) is 16.4. The van der Waals surface area contributed by atoms with E-state index in [0.29, 0.717) is 0 Å². The average molecular weight is 1130 g/mol. The number of rotatable bonds is 13. The van der Waals surface area contributed by atoms with Crippen molar-refractivity contribution in [3.63, 3.8) is 0 Å². The van der Waals surface area contributed by atoms with Gasteiger partial charge in [0, 0.05) is 77.3 Å². The lowest BCUT2D eigenvalue weighted by molar-refractivity contribution is 0.489. The van der Waals surface area contributed by atoms with Crippen molar-refractivity contribution in [1.82, 2.24) is 0 Å². The van der Waals surface area contributed by atoms with E-state index in [1.54, 1.807) is 11.3 Å². The molecule has 0 aliphatic carbocycles. The second-order valence-corrected chi connectivity index (χ2v) is 25.2. The van der Waals surface area contributed by atoms with Crippen molar-refractivity contribution in [1.29, 1.82) is 0 Å².